The SMILES string of the molecule is CC#CCN(C/C=C/CN(C/C=C/C)S(=O)(=O)c1ccc(C)cc1)S(=O)(=O)c1ccc(C)cc1. The van der Waals surface area contributed by atoms with Crippen molar-refractivity contribution in [3.8, 4) is 11.8 Å². The summed E-state index contributed by atoms with van der Waals surface area (Å²) < 4.78 is 55.1. The Labute approximate surface area is 204 Å². The van der Waals surface area contributed by atoms with Crippen LogP contribution in [0.3, 0.4) is 0 Å². The van der Waals surface area contributed by atoms with Gasteiger partial charge in [-0.1, -0.05) is 65.6 Å². The maximum Gasteiger partial charge on any atom is 0.244 e. The summed E-state index contributed by atoms with van der Waals surface area (Å²) in [4.78, 5) is 0.416. The second-order valence-electron chi connectivity index (χ2n) is 7.71. The number of allylic oxidation sites excluding steroid dienone is 1. The topological polar surface area (TPSA) is 74.8 Å². The number of hydrogen-bond donors (Lipinski definition) is 0. The van der Waals surface area contributed by atoms with Crippen LogP contribution in [0.25, 0.3) is 0 Å². The van der Waals surface area contributed by atoms with Crippen molar-refractivity contribution in [2.45, 2.75) is 37.5 Å². The van der Waals surface area contributed by atoms with Gasteiger partial charge in [-0.15, -0.1) is 5.92 Å². The average Bonchev–Trinajstić information content (AvgIpc) is 2.80. The van der Waals surface area contributed by atoms with Gasteiger partial charge in [-0.3, -0.25) is 0 Å². The smallest absolute Gasteiger partial charge is 0.207 e. The zero-order valence-corrected chi connectivity index (χ0v) is 21.7. The fourth-order valence-corrected chi connectivity index (χ4v) is 5.65. The summed E-state index contributed by atoms with van der Waals surface area (Å²) in [5, 5.41) is 0. The van der Waals surface area contributed by atoms with Crippen molar-refractivity contribution >= 4 is 20.0 Å². The van der Waals surface area contributed by atoms with Gasteiger partial charge in [0.05, 0.1) is 16.3 Å². The Hall–Kier alpha value is -2.70. The van der Waals surface area contributed by atoms with Crippen molar-refractivity contribution in [1.82, 2.24) is 8.61 Å². The van der Waals surface area contributed by atoms with E-state index >= 15 is 0 Å². The van der Waals surface area contributed by atoms with Crippen molar-refractivity contribution in [1.29, 1.82) is 0 Å². The van der Waals surface area contributed by atoms with E-state index < -0.39 is 20.0 Å². The molecule has 6 nitrogen and oxygen atoms in total. The molecule has 0 aliphatic carbocycles. The number of hydrogen-bond acceptors (Lipinski definition) is 4. The highest BCUT2D eigenvalue weighted by Crippen LogP contribution is 2.18. The predicted octanol–water partition coefficient (Wildman–Crippen LogP) is 4.14. The summed E-state index contributed by atoms with van der Waals surface area (Å²) in [5.74, 6) is 5.54. The van der Waals surface area contributed by atoms with Crippen molar-refractivity contribution < 1.29 is 16.8 Å². The van der Waals surface area contributed by atoms with Crippen LogP contribution in [0.4, 0.5) is 0 Å². The monoisotopic (exact) mass is 500 g/mol. The van der Waals surface area contributed by atoms with Crippen molar-refractivity contribution in [3.05, 3.63) is 84.0 Å². The van der Waals surface area contributed by atoms with Gasteiger partial charge in [-0.2, -0.15) is 8.61 Å². The molecule has 0 aliphatic rings. The lowest BCUT2D eigenvalue weighted by Gasteiger charge is -2.20. The lowest BCUT2D eigenvalue weighted by atomic mass is 10.2. The molecule has 0 amide bonds. The minimum atomic E-state index is -3.74. The number of sulfonamides is 2. The predicted molar refractivity (Wildman–Crippen MR) is 137 cm³/mol. The molecule has 2 aromatic rings. The van der Waals surface area contributed by atoms with E-state index in [-0.39, 0.29) is 36.0 Å². The summed E-state index contributed by atoms with van der Waals surface area (Å²) in [5.41, 5.74) is 1.94. The average molecular weight is 501 g/mol. The lowest BCUT2D eigenvalue weighted by molar-refractivity contribution is 0.467. The molecule has 0 radical (unpaired) electrons. The first-order valence-electron chi connectivity index (χ1n) is 10.9. The van der Waals surface area contributed by atoms with Crippen LogP contribution >= 0.6 is 0 Å². The normalized spacial score (nSPS) is 12.5. The van der Waals surface area contributed by atoms with E-state index in [0.717, 1.165) is 11.1 Å². The first kappa shape index (κ1) is 27.5. The molecule has 0 N–H and O–H groups in total. The van der Waals surface area contributed by atoms with E-state index in [1.807, 2.05) is 20.8 Å². The Balaban J connectivity index is 2.22. The molecule has 0 unspecified atom stereocenters. The summed E-state index contributed by atoms with van der Waals surface area (Å²) in [6.45, 7) is 7.71. The maximum atomic E-state index is 13.1. The van der Waals surface area contributed by atoms with Crippen LogP contribution in [-0.4, -0.2) is 51.6 Å². The van der Waals surface area contributed by atoms with E-state index in [1.54, 1.807) is 79.8 Å². The molecule has 182 valence electrons. The molecule has 0 aliphatic heterocycles. The van der Waals surface area contributed by atoms with Gasteiger partial charge in [0.15, 0.2) is 0 Å². The Bertz CT molecular complexity index is 1270. The summed E-state index contributed by atoms with van der Waals surface area (Å²) in [7, 11) is -7.45. The highest BCUT2D eigenvalue weighted by atomic mass is 32.2. The van der Waals surface area contributed by atoms with Gasteiger partial charge in [0.25, 0.3) is 0 Å². The lowest BCUT2D eigenvalue weighted by Crippen LogP contribution is -2.33. The zero-order valence-electron chi connectivity index (χ0n) is 20.1. The van der Waals surface area contributed by atoms with Crippen LogP contribution in [0.2, 0.25) is 0 Å². The second-order valence-corrected chi connectivity index (χ2v) is 11.6. The molecule has 0 saturated heterocycles. The molecule has 0 saturated carbocycles. The molecule has 0 aromatic heterocycles. The van der Waals surface area contributed by atoms with Crippen LogP contribution in [0.1, 0.15) is 25.0 Å². The first-order valence-corrected chi connectivity index (χ1v) is 13.8. The summed E-state index contributed by atoms with van der Waals surface area (Å²) in [6.07, 6.45) is 6.90. The zero-order chi connectivity index (χ0) is 25.2. The number of aryl methyl sites for hydroxylation is 2. The van der Waals surface area contributed by atoms with Crippen molar-refractivity contribution in [2.24, 2.45) is 0 Å². The largest absolute Gasteiger partial charge is 0.244 e. The molecule has 8 heteroatoms. The Morgan fingerprint density at radius 3 is 1.56 bits per heavy atom. The molecule has 2 aromatic carbocycles. The van der Waals surface area contributed by atoms with Crippen LogP contribution in [0.5, 0.6) is 0 Å². The molecule has 0 atom stereocenters. The minimum Gasteiger partial charge on any atom is -0.207 e. The molecular formula is C26H32N2O4S2. The Morgan fingerprint density at radius 2 is 1.12 bits per heavy atom. The molecule has 2 rings (SSSR count). The standard InChI is InChI=1S/C26H32N2O4S2/c1-5-7-19-27(33(29,30)25-15-11-23(3)12-16-25)21-9-10-22-28(20-8-6-2)34(31,32)26-17-13-24(4)14-18-26/h5,7,9-18H,19-22H2,1-4H3/b7-5+,10-9+. The molecule has 0 heterocycles. The third-order valence-electron chi connectivity index (χ3n) is 5.08. The third kappa shape index (κ3) is 7.40. The highest BCUT2D eigenvalue weighted by molar-refractivity contribution is 7.89. The van der Waals surface area contributed by atoms with Crippen molar-refractivity contribution in [3.63, 3.8) is 0 Å². The summed E-state index contributed by atoms with van der Waals surface area (Å²) in [6, 6.07) is 13.4. The second kappa shape index (κ2) is 12.7. The van der Waals surface area contributed by atoms with E-state index in [4.69, 9.17) is 0 Å². The quantitative estimate of drug-likeness (QED) is 0.343. The fourth-order valence-electron chi connectivity index (χ4n) is 3.01. The summed E-state index contributed by atoms with van der Waals surface area (Å²) >= 11 is 0. The molecular weight excluding hydrogens is 468 g/mol. The minimum absolute atomic E-state index is 0.0427. The fraction of sp³-hybridized carbons (Fsp3) is 0.308. The van der Waals surface area contributed by atoms with Crippen LogP contribution < -0.4 is 0 Å². The van der Waals surface area contributed by atoms with Gasteiger partial charge >= 0.3 is 0 Å². The van der Waals surface area contributed by atoms with E-state index in [0.29, 0.717) is 0 Å². The van der Waals surface area contributed by atoms with Gasteiger partial charge < -0.3 is 0 Å². The molecule has 0 spiro atoms. The number of nitrogens with zero attached hydrogens (tertiary/aromatic N) is 2. The van der Waals surface area contributed by atoms with Gasteiger partial charge in [-0.05, 0) is 52.0 Å². The Morgan fingerprint density at radius 1 is 0.706 bits per heavy atom. The Kier molecular flexibility index (Phi) is 10.3. The van der Waals surface area contributed by atoms with Crippen molar-refractivity contribution in [2.75, 3.05) is 26.2 Å². The third-order valence-corrected chi connectivity index (χ3v) is 8.75. The molecule has 0 fully saturated rings. The van der Waals surface area contributed by atoms with Gasteiger partial charge in [-0.25, -0.2) is 16.8 Å². The van der Waals surface area contributed by atoms with Crippen LogP contribution in [0, 0.1) is 25.7 Å². The van der Waals surface area contributed by atoms with Crippen LogP contribution in [0.15, 0.2) is 82.6 Å². The van der Waals surface area contributed by atoms with Gasteiger partial charge in [0.2, 0.25) is 20.0 Å². The molecule has 34 heavy (non-hydrogen) atoms. The van der Waals surface area contributed by atoms with Crippen LogP contribution in [-0.2, 0) is 20.0 Å². The van der Waals surface area contributed by atoms with E-state index in [1.165, 1.54) is 8.61 Å². The van der Waals surface area contributed by atoms with E-state index in [2.05, 4.69) is 11.8 Å². The number of benzene rings is 2. The first-order chi connectivity index (χ1) is 16.1. The number of rotatable bonds is 11. The van der Waals surface area contributed by atoms with E-state index in [9.17, 15) is 16.8 Å². The molecule has 0 bridgehead atoms. The highest BCUT2D eigenvalue weighted by Gasteiger charge is 2.24. The van der Waals surface area contributed by atoms with Gasteiger partial charge in [0, 0.05) is 19.6 Å². The van der Waals surface area contributed by atoms with Gasteiger partial charge in [0.1, 0.15) is 0 Å². The maximum absolute atomic E-state index is 13.1.